The van der Waals surface area contributed by atoms with Gasteiger partial charge in [0.25, 0.3) is 5.91 Å². The van der Waals surface area contributed by atoms with Crippen LogP contribution in [0.1, 0.15) is 31.2 Å². The van der Waals surface area contributed by atoms with Crippen LogP contribution >= 0.6 is 22.9 Å². The van der Waals surface area contributed by atoms with Gasteiger partial charge in [0, 0.05) is 28.6 Å². The molecule has 5 heteroatoms. The van der Waals surface area contributed by atoms with Crippen LogP contribution in [0.5, 0.6) is 0 Å². The van der Waals surface area contributed by atoms with Crippen molar-refractivity contribution in [3.63, 3.8) is 0 Å². The van der Waals surface area contributed by atoms with E-state index in [1.54, 1.807) is 24.1 Å². The third-order valence-electron chi connectivity index (χ3n) is 4.34. The summed E-state index contributed by atoms with van der Waals surface area (Å²) in [6, 6.07) is 16.6. The summed E-state index contributed by atoms with van der Waals surface area (Å²) in [4.78, 5) is 28.0. The zero-order chi connectivity index (χ0) is 17.6. The molecule has 124 valence electrons. The molecule has 1 aromatic heterocycles. The Morgan fingerprint density at radius 2 is 1.72 bits per heavy atom. The van der Waals surface area contributed by atoms with Crippen LogP contribution in [0.25, 0.3) is 11.1 Å². The van der Waals surface area contributed by atoms with Gasteiger partial charge in [-0.05, 0) is 35.4 Å². The summed E-state index contributed by atoms with van der Waals surface area (Å²) in [5.74, 6) is -0.135. The van der Waals surface area contributed by atoms with Crippen molar-refractivity contribution in [3.05, 3.63) is 80.5 Å². The predicted octanol–water partition coefficient (Wildman–Crippen LogP) is 4.89. The molecule has 0 aliphatic heterocycles. The Hall–Kier alpha value is -2.43. The maximum absolute atomic E-state index is 12.7. The number of carbonyl (C=O) groups is 2. The van der Waals surface area contributed by atoms with E-state index in [9.17, 15) is 9.59 Å². The van der Waals surface area contributed by atoms with Crippen LogP contribution < -0.4 is 0 Å². The van der Waals surface area contributed by atoms with Crippen LogP contribution in [0.3, 0.4) is 0 Å². The van der Waals surface area contributed by atoms with E-state index in [-0.39, 0.29) is 11.7 Å². The number of ketones is 1. The second-order valence-corrected chi connectivity index (χ2v) is 7.80. The Balaban J connectivity index is 1.62. The highest BCUT2D eigenvalue weighted by molar-refractivity contribution is 7.16. The monoisotopic (exact) mass is 367 g/mol. The number of halogens is 1. The molecule has 0 saturated heterocycles. The van der Waals surface area contributed by atoms with Crippen molar-refractivity contribution in [2.45, 2.75) is 6.54 Å². The number of hydrogen-bond donors (Lipinski definition) is 0. The van der Waals surface area contributed by atoms with Crippen LogP contribution in [0.15, 0.2) is 54.6 Å². The number of thiophene rings is 1. The summed E-state index contributed by atoms with van der Waals surface area (Å²) in [7, 11) is 1.75. The molecular formula is C20H14ClNO2S. The Kier molecular flexibility index (Phi) is 3.94. The number of benzene rings is 2. The van der Waals surface area contributed by atoms with Gasteiger partial charge in [0.05, 0.1) is 10.9 Å². The van der Waals surface area contributed by atoms with E-state index in [1.807, 2.05) is 42.5 Å². The van der Waals surface area contributed by atoms with Crippen LogP contribution in [-0.4, -0.2) is 23.6 Å². The fourth-order valence-corrected chi connectivity index (χ4v) is 4.26. The maximum Gasteiger partial charge on any atom is 0.253 e. The quantitative estimate of drug-likeness (QED) is 0.517. The molecule has 1 aliphatic carbocycles. The van der Waals surface area contributed by atoms with Crippen molar-refractivity contribution in [1.82, 2.24) is 4.90 Å². The average molecular weight is 368 g/mol. The van der Waals surface area contributed by atoms with Gasteiger partial charge in [-0.3, -0.25) is 9.59 Å². The summed E-state index contributed by atoms with van der Waals surface area (Å²) in [6.07, 6.45) is 0. The number of amides is 1. The number of fused-ring (bicyclic) bond motifs is 3. The first-order valence-corrected chi connectivity index (χ1v) is 9.02. The summed E-state index contributed by atoms with van der Waals surface area (Å²) in [6.45, 7) is 0.488. The third-order valence-corrected chi connectivity index (χ3v) is 5.56. The minimum absolute atomic E-state index is 0.0204. The highest BCUT2D eigenvalue weighted by Gasteiger charge is 2.27. The van der Waals surface area contributed by atoms with E-state index >= 15 is 0 Å². The molecular weight excluding hydrogens is 354 g/mol. The van der Waals surface area contributed by atoms with Crippen molar-refractivity contribution >= 4 is 34.6 Å². The van der Waals surface area contributed by atoms with E-state index in [0.29, 0.717) is 27.6 Å². The van der Waals surface area contributed by atoms with Crippen molar-refractivity contribution in [3.8, 4) is 11.1 Å². The number of hydrogen-bond acceptors (Lipinski definition) is 3. The van der Waals surface area contributed by atoms with Crippen molar-refractivity contribution in [2.24, 2.45) is 0 Å². The molecule has 2 aromatic carbocycles. The number of rotatable bonds is 3. The molecule has 0 radical (unpaired) electrons. The summed E-state index contributed by atoms with van der Waals surface area (Å²) >= 11 is 7.40. The first kappa shape index (κ1) is 16.1. The minimum atomic E-state index is -0.115. The average Bonchev–Trinajstić information content (AvgIpc) is 3.16. The van der Waals surface area contributed by atoms with Gasteiger partial charge >= 0.3 is 0 Å². The first-order chi connectivity index (χ1) is 12.0. The summed E-state index contributed by atoms with van der Waals surface area (Å²) in [5.41, 5.74) is 3.64. The van der Waals surface area contributed by atoms with Gasteiger partial charge < -0.3 is 4.90 Å². The Morgan fingerprint density at radius 1 is 1.00 bits per heavy atom. The highest BCUT2D eigenvalue weighted by atomic mass is 35.5. The smallest absolute Gasteiger partial charge is 0.253 e. The molecule has 0 saturated carbocycles. The van der Waals surface area contributed by atoms with Crippen molar-refractivity contribution in [2.75, 3.05) is 7.05 Å². The van der Waals surface area contributed by atoms with Gasteiger partial charge in [-0.1, -0.05) is 41.9 Å². The normalized spacial score (nSPS) is 12.0. The molecule has 0 unspecified atom stereocenters. The Morgan fingerprint density at radius 3 is 2.44 bits per heavy atom. The summed E-state index contributed by atoms with van der Waals surface area (Å²) < 4.78 is 0.705. The lowest BCUT2D eigenvalue weighted by atomic mass is 10.0. The van der Waals surface area contributed by atoms with E-state index in [0.717, 1.165) is 16.0 Å². The molecule has 1 amide bonds. The van der Waals surface area contributed by atoms with Crippen LogP contribution in [0, 0.1) is 0 Å². The third kappa shape index (κ3) is 2.77. The molecule has 3 aromatic rings. The highest BCUT2D eigenvalue weighted by Crippen LogP contribution is 2.36. The molecule has 0 N–H and O–H groups in total. The lowest BCUT2D eigenvalue weighted by Crippen LogP contribution is -2.26. The van der Waals surface area contributed by atoms with Gasteiger partial charge in [0.15, 0.2) is 5.78 Å². The van der Waals surface area contributed by atoms with Gasteiger partial charge in [0.1, 0.15) is 0 Å². The van der Waals surface area contributed by atoms with Crippen molar-refractivity contribution < 1.29 is 9.59 Å². The SMILES string of the molecule is CN(Cc1ccc(Cl)s1)C(=O)c1ccc2c(c1)C(=O)c1ccccc1-2. The van der Waals surface area contributed by atoms with Gasteiger partial charge in [-0.2, -0.15) is 0 Å². The van der Waals surface area contributed by atoms with E-state index in [1.165, 1.54) is 11.3 Å². The van der Waals surface area contributed by atoms with E-state index < -0.39 is 0 Å². The van der Waals surface area contributed by atoms with Gasteiger partial charge in [-0.25, -0.2) is 0 Å². The molecule has 0 bridgehead atoms. The molecule has 0 atom stereocenters. The molecule has 1 heterocycles. The molecule has 0 spiro atoms. The van der Waals surface area contributed by atoms with Crippen molar-refractivity contribution in [1.29, 1.82) is 0 Å². The summed E-state index contributed by atoms with van der Waals surface area (Å²) in [5, 5.41) is 0. The number of carbonyl (C=O) groups excluding carboxylic acids is 2. The molecule has 25 heavy (non-hydrogen) atoms. The first-order valence-electron chi connectivity index (χ1n) is 7.82. The maximum atomic E-state index is 12.7. The zero-order valence-electron chi connectivity index (χ0n) is 13.5. The van der Waals surface area contributed by atoms with E-state index in [4.69, 9.17) is 11.6 Å². The second-order valence-electron chi connectivity index (χ2n) is 6.00. The largest absolute Gasteiger partial charge is 0.337 e. The lowest BCUT2D eigenvalue weighted by molar-refractivity contribution is 0.0786. The van der Waals surface area contributed by atoms with Crippen LogP contribution in [-0.2, 0) is 6.54 Å². The number of nitrogens with zero attached hydrogens (tertiary/aromatic N) is 1. The standard InChI is InChI=1S/C20H14ClNO2S/c1-22(11-13-7-9-18(21)25-13)20(24)12-6-8-15-14-4-2-3-5-16(14)19(23)17(15)10-12/h2-10H,11H2,1H3. The van der Waals surface area contributed by atoms with Crippen LogP contribution in [0.4, 0.5) is 0 Å². The second kappa shape index (κ2) is 6.14. The Bertz CT molecular complexity index is 1010. The Labute approximate surface area is 154 Å². The fraction of sp³-hybridized carbons (Fsp3) is 0.100. The van der Waals surface area contributed by atoms with Gasteiger partial charge in [-0.15, -0.1) is 11.3 Å². The molecule has 0 fully saturated rings. The fourth-order valence-electron chi connectivity index (χ4n) is 3.12. The lowest BCUT2D eigenvalue weighted by Gasteiger charge is -2.16. The zero-order valence-corrected chi connectivity index (χ0v) is 15.0. The molecule has 3 nitrogen and oxygen atoms in total. The molecule has 1 aliphatic rings. The van der Waals surface area contributed by atoms with E-state index in [2.05, 4.69) is 0 Å². The van der Waals surface area contributed by atoms with Gasteiger partial charge in [0.2, 0.25) is 0 Å². The topological polar surface area (TPSA) is 37.4 Å². The minimum Gasteiger partial charge on any atom is -0.337 e. The van der Waals surface area contributed by atoms with Crippen LogP contribution in [0.2, 0.25) is 4.34 Å². The molecule has 4 rings (SSSR count). The predicted molar refractivity (Wildman–Crippen MR) is 100 cm³/mol.